The molecule has 1 unspecified atom stereocenters. The van der Waals surface area contributed by atoms with Crippen molar-refractivity contribution in [2.24, 2.45) is 0 Å². The van der Waals surface area contributed by atoms with Crippen LogP contribution in [-0.4, -0.2) is 30.3 Å². The number of ether oxygens (including phenoxy) is 1. The van der Waals surface area contributed by atoms with Crippen LogP contribution in [0.15, 0.2) is 24.3 Å². The van der Waals surface area contributed by atoms with Crippen LogP contribution in [-0.2, 0) is 11.3 Å². The van der Waals surface area contributed by atoms with Crippen molar-refractivity contribution < 1.29 is 19.4 Å². The van der Waals surface area contributed by atoms with Crippen LogP contribution in [0.25, 0.3) is 0 Å². The fourth-order valence-corrected chi connectivity index (χ4v) is 1.55. The Labute approximate surface area is 111 Å². The Morgan fingerprint density at radius 3 is 2.79 bits per heavy atom. The van der Waals surface area contributed by atoms with Gasteiger partial charge in [0.05, 0.1) is 13.5 Å². The molecule has 2 amide bonds. The minimum atomic E-state index is -0.944. The van der Waals surface area contributed by atoms with E-state index in [0.717, 1.165) is 11.3 Å². The summed E-state index contributed by atoms with van der Waals surface area (Å²) < 4.78 is 5.08. The summed E-state index contributed by atoms with van der Waals surface area (Å²) in [6, 6.07) is 6.53. The van der Waals surface area contributed by atoms with E-state index in [4.69, 9.17) is 9.84 Å². The Morgan fingerprint density at radius 2 is 2.16 bits per heavy atom. The van der Waals surface area contributed by atoms with E-state index in [0.29, 0.717) is 6.54 Å². The number of nitrogens with one attached hydrogen (secondary N) is 2. The number of carbonyl (C=O) groups excluding carboxylic acids is 1. The molecule has 0 aliphatic carbocycles. The lowest BCUT2D eigenvalue weighted by Gasteiger charge is -2.12. The summed E-state index contributed by atoms with van der Waals surface area (Å²) in [5, 5.41) is 13.8. The lowest BCUT2D eigenvalue weighted by molar-refractivity contribution is -0.137. The maximum atomic E-state index is 11.5. The first-order chi connectivity index (χ1) is 9.01. The van der Waals surface area contributed by atoms with Crippen LogP contribution < -0.4 is 15.4 Å². The van der Waals surface area contributed by atoms with Crippen molar-refractivity contribution in [3.05, 3.63) is 29.8 Å². The second kappa shape index (κ2) is 7.25. The maximum absolute atomic E-state index is 11.5. The van der Waals surface area contributed by atoms with Crippen LogP contribution in [0.1, 0.15) is 18.9 Å². The minimum absolute atomic E-state index is 0.105. The highest BCUT2D eigenvalue weighted by atomic mass is 16.5. The lowest BCUT2D eigenvalue weighted by Crippen LogP contribution is -2.41. The molecule has 0 heterocycles. The number of amides is 2. The van der Waals surface area contributed by atoms with Gasteiger partial charge in [-0.1, -0.05) is 12.1 Å². The molecule has 1 atom stereocenters. The molecule has 6 nitrogen and oxygen atoms in total. The number of rotatable bonds is 6. The van der Waals surface area contributed by atoms with Gasteiger partial charge in [0.1, 0.15) is 5.75 Å². The van der Waals surface area contributed by atoms with Crippen molar-refractivity contribution in [2.75, 3.05) is 7.11 Å². The number of benzene rings is 1. The Hall–Kier alpha value is -2.24. The van der Waals surface area contributed by atoms with Crippen molar-refractivity contribution in [3.8, 4) is 5.75 Å². The minimum Gasteiger partial charge on any atom is -0.497 e. The van der Waals surface area contributed by atoms with Crippen LogP contribution in [0.2, 0.25) is 0 Å². The number of urea groups is 1. The topological polar surface area (TPSA) is 87.7 Å². The molecule has 0 saturated carbocycles. The van der Waals surface area contributed by atoms with Gasteiger partial charge in [-0.05, 0) is 24.6 Å². The normalized spacial score (nSPS) is 11.5. The number of carbonyl (C=O) groups is 2. The maximum Gasteiger partial charge on any atom is 0.315 e. The Balaban J connectivity index is 2.39. The molecule has 3 N–H and O–H groups in total. The zero-order chi connectivity index (χ0) is 14.3. The summed E-state index contributed by atoms with van der Waals surface area (Å²) in [7, 11) is 1.58. The average Bonchev–Trinajstić information content (AvgIpc) is 2.35. The van der Waals surface area contributed by atoms with Crippen LogP contribution in [0.3, 0.4) is 0 Å². The molecule has 0 aliphatic heterocycles. The van der Waals surface area contributed by atoms with Crippen LogP contribution in [0.5, 0.6) is 5.75 Å². The van der Waals surface area contributed by atoms with Crippen LogP contribution >= 0.6 is 0 Å². The van der Waals surface area contributed by atoms with E-state index >= 15 is 0 Å². The molecular weight excluding hydrogens is 248 g/mol. The molecule has 0 radical (unpaired) electrons. The zero-order valence-corrected chi connectivity index (χ0v) is 11.0. The summed E-state index contributed by atoms with van der Waals surface area (Å²) >= 11 is 0. The molecule has 0 aromatic heterocycles. The third-order valence-corrected chi connectivity index (χ3v) is 2.45. The molecule has 1 aromatic rings. The van der Waals surface area contributed by atoms with E-state index in [-0.39, 0.29) is 6.42 Å². The van der Waals surface area contributed by atoms with Crippen LogP contribution in [0, 0.1) is 0 Å². The first kappa shape index (κ1) is 14.8. The van der Waals surface area contributed by atoms with E-state index in [9.17, 15) is 9.59 Å². The summed E-state index contributed by atoms with van der Waals surface area (Å²) in [4.78, 5) is 22.0. The first-order valence-corrected chi connectivity index (χ1v) is 5.90. The summed E-state index contributed by atoms with van der Waals surface area (Å²) in [5.74, 6) is -0.223. The van der Waals surface area contributed by atoms with Gasteiger partial charge in [-0.3, -0.25) is 4.79 Å². The average molecular weight is 266 g/mol. The molecular formula is C13H18N2O4. The first-order valence-electron chi connectivity index (χ1n) is 5.90. The predicted octanol–water partition coefficient (Wildman–Crippen LogP) is 1.36. The largest absolute Gasteiger partial charge is 0.497 e. The molecule has 0 fully saturated rings. The van der Waals surface area contributed by atoms with Gasteiger partial charge in [0.2, 0.25) is 0 Å². The second-order valence-corrected chi connectivity index (χ2v) is 4.18. The van der Waals surface area contributed by atoms with E-state index in [2.05, 4.69) is 10.6 Å². The van der Waals surface area contributed by atoms with E-state index in [1.54, 1.807) is 14.0 Å². The highest BCUT2D eigenvalue weighted by Crippen LogP contribution is 2.11. The third kappa shape index (κ3) is 5.76. The highest BCUT2D eigenvalue weighted by molar-refractivity contribution is 5.75. The van der Waals surface area contributed by atoms with Crippen molar-refractivity contribution in [2.45, 2.75) is 25.9 Å². The lowest BCUT2D eigenvalue weighted by atomic mass is 10.2. The second-order valence-electron chi connectivity index (χ2n) is 4.18. The van der Waals surface area contributed by atoms with Gasteiger partial charge in [-0.15, -0.1) is 0 Å². The van der Waals surface area contributed by atoms with E-state index in [1.165, 1.54) is 0 Å². The SMILES string of the molecule is COc1cccc(CNC(=O)NC(C)CC(=O)O)c1. The van der Waals surface area contributed by atoms with Gasteiger partial charge in [0.15, 0.2) is 0 Å². The standard InChI is InChI=1S/C13H18N2O4/c1-9(6-12(16)17)15-13(18)14-8-10-4-3-5-11(7-10)19-2/h3-5,7,9H,6,8H2,1-2H3,(H,16,17)(H2,14,15,18). The molecule has 104 valence electrons. The van der Waals surface area contributed by atoms with Gasteiger partial charge in [0, 0.05) is 12.6 Å². The third-order valence-electron chi connectivity index (χ3n) is 2.45. The molecule has 1 aromatic carbocycles. The molecule has 0 aliphatic rings. The van der Waals surface area contributed by atoms with E-state index < -0.39 is 18.0 Å². The van der Waals surface area contributed by atoms with Gasteiger partial charge in [0.25, 0.3) is 0 Å². The Morgan fingerprint density at radius 1 is 1.42 bits per heavy atom. The number of carboxylic acid groups (broad SMARTS) is 1. The van der Waals surface area contributed by atoms with Gasteiger partial charge >= 0.3 is 12.0 Å². The van der Waals surface area contributed by atoms with Crippen molar-refractivity contribution >= 4 is 12.0 Å². The van der Waals surface area contributed by atoms with E-state index in [1.807, 2.05) is 24.3 Å². The summed E-state index contributed by atoms with van der Waals surface area (Å²) in [5.41, 5.74) is 0.903. The molecule has 19 heavy (non-hydrogen) atoms. The number of carboxylic acids is 1. The highest BCUT2D eigenvalue weighted by Gasteiger charge is 2.10. The molecule has 0 spiro atoms. The summed E-state index contributed by atoms with van der Waals surface area (Å²) in [6.45, 7) is 1.99. The van der Waals surface area contributed by atoms with Crippen molar-refractivity contribution in [3.63, 3.8) is 0 Å². The number of methoxy groups -OCH3 is 1. The predicted molar refractivity (Wildman–Crippen MR) is 70.1 cm³/mol. The molecule has 0 saturated heterocycles. The Kier molecular flexibility index (Phi) is 5.66. The Bertz CT molecular complexity index is 448. The number of hydrogen-bond acceptors (Lipinski definition) is 3. The fraction of sp³-hybridized carbons (Fsp3) is 0.385. The zero-order valence-electron chi connectivity index (χ0n) is 11.0. The van der Waals surface area contributed by atoms with Crippen LogP contribution in [0.4, 0.5) is 4.79 Å². The molecule has 0 bridgehead atoms. The number of aliphatic carboxylic acids is 1. The van der Waals surface area contributed by atoms with Crippen molar-refractivity contribution in [1.82, 2.24) is 10.6 Å². The van der Waals surface area contributed by atoms with Gasteiger partial charge in [-0.2, -0.15) is 0 Å². The van der Waals surface area contributed by atoms with Crippen molar-refractivity contribution in [1.29, 1.82) is 0 Å². The quantitative estimate of drug-likeness (QED) is 0.725. The van der Waals surface area contributed by atoms with Gasteiger partial charge < -0.3 is 20.5 Å². The summed E-state index contributed by atoms with van der Waals surface area (Å²) in [6.07, 6.45) is -0.105. The fourth-order valence-electron chi connectivity index (χ4n) is 1.55. The van der Waals surface area contributed by atoms with Gasteiger partial charge in [-0.25, -0.2) is 4.79 Å². The molecule has 1 rings (SSSR count). The monoisotopic (exact) mass is 266 g/mol. The molecule has 6 heteroatoms. The number of hydrogen-bond donors (Lipinski definition) is 3. The smallest absolute Gasteiger partial charge is 0.315 e.